The van der Waals surface area contributed by atoms with Gasteiger partial charge in [-0.3, -0.25) is 0 Å². The molecule has 0 N–H and O–H groups in total. The zero-order valence-electron chi connectivity index (χ0n) is 25.8. The van der Waals surface area contributed by atoms with E-state index in [0.717, 1.165) is 0 Å². The van der Waals surface area contributed by atoms with Crippen molar-refractivity contribution in [2.75, 3.05) is 0 Å². The summed E-state index contributed by atoms with van der Waals surface area (Å²) >= 11 is 0. The lowest BCUT2D eigenvalue weighted by atomic mass is 10.8. The maximum atomic E-state index is 9.24. The smallest absolute Gasteiger partial charge is 0.543 e. The van der Waals surface area contributed by atoms with Crippen LogP contribution in [-0.4, -0.2) is 0 Å². The first-order valence-corrected chi connectivity index (χ1v) is 13.1. The van der Waals surface area contributed by atoms with Crippen LogP contribution in [0, 0.1) is 0 Å². The summed E-state index contributed by atoms with van der Waals surface area (Å²) in [6.45, 7) is 52.5. The number of hydrogen-bond donors (Lipinski definition) is 0. The van der Waals surface area contributed by atoms with E-state index in [-0.39, 0.29) is 0 Å². The highest BCUT2D eigenvalue weighted by Crippen LogP contribution is 2.24. The van der Waals surface area contributed by atoms with E-state index < -0.39 is 16.5 Å². The van der Waals surface area contributed by atoms with Gasteiger partial charge in [0.1, 0.15) is 4.31 Å². The highest BCUT2D eigenvalue weighted by molar-refractivity contribution is 7.44. The first kappa shape index (κ1) is 70.1. The van der Waals surface area contributed by atoms with E-state index in [1.54, 1.807) is 60.8 Å². The predicted octanol–water partition coefficient (Wildman–Crippen LogP) is 11.0. The Hall–Kier alpha value is -2.52. The monoisotopic (exact) mass is 562 g/mol. The summed E-state index contributed by atoms with van der Waals surface area (Å²) in [7, 11) is -6.47. The second-order valence-corrected chi connectivity index (χ2v) is 6.16. The topological polar surface area (TPSA) is 89.5 Å². The molecule has 0 radical (unpaired) electrons. The van der Waals surface area contributed by atoms with Crippen LogP contribution in [0.1, 0.15) is 69.2 Å². The van der Waals surface area contributed by atoms with Crippen molar-refractivity contribution in [1.29, 1.82) is 0 Å². The lowest BCUT2D eigenvalue weighted by Gasteiger charge is -1.72. The minimum absolute atomic E-state index is 1.75. The molecule has 5 nitrogen and oxygen atoms in total. The fourth-order valence-electron chi connectivity index (χ4n) is 0.0544. The van der Waals surface area contributed by atoms with Gasteiger partial charge >= 0.3 is 16.5 Å². The summed E-state index contributed by atoms with van der Waals surface area (Å²) in [6, 6.07) is 0. The molecule has 0 aromatic rings. The summed E-state index contributed by atoms with van der Waals surface area (Å²) in [4.78, 5) is 18.5. The molecule has 7 heteroatoms. The Morgan fingerprint density at radius 1 is 0.378 bits per heavy atom. The van der Waals surface area contributed by atoms with Crippen LogP contribution in [0.25, 0.3) is 0 Å². The van der Waals surface area contributed by atoms with Crippen molar-refractivity contribution < 1.29 is 23.2 Å². The van der Waals surface area contributed by atoms with Crippen molar-refractivity contribution in [3.05, 3.63) is 127 Å². The molecule has 0 spiro atoms. The first-order valence-electron chi connectivity index (χ1n) is 11.0. The third kappa shape index (κ3) is 15100. The van der Waals surface area contributed by atoms with Crippen LogP contribution >= 0.6 is 16.5 Å². The van der Waals surface area contributed by atoms with Crippen molar-refractivity contribution in [1.82, 2.24) is 0 Å². The zero-order chi connectivity index (χ0) is 32.9. The lowest BCUT2D eigenvalue weighted by molar-refractivity contribution is -0.198. The maximum absolute atomic E-state index is 9.24. The molecule has 0 heterocycles. The van der Waals surface area contributed by atoms with Crippen LogP contribution in [0.5, 0.6) is 0 Å². The van der Waals surface area contributed by atoms with Crippen LogP contribution in [0.3, 0.4) is 0 Å². The van der Waals surface area contributed by atoms with E-state index in [2.05, 4.69) is 70.1 Å². The van der Waals surface area contributed by atoms with Crippen molar-refractivity contribution in [2.24, 2.45) is 0 Å². The summed E-state index contributed by atoms with van der Waals surface area (Å²) in [6.07, 6.45) is 17.5. The zero-order valence-corrected chi connectivity index (χ0v) is 27.6. The first-order chi connectivity index (χ1) is 17.3. The second-order valence-electron chi connectivity index (χ2n) is 4.61. The van der Waals surface area contributed by atoms with E-state index in [1.807, 2.05) is 69.2 Å². The summed E-state index contributed by atoms with van der Waals surface area (Å²) in [5.41, 5.74) is 0. The quantitative estimate of drug-likeness (QED) is 0.247. The van der Waals surface area contributed by atoms with E-state index in [1.165, 1.54) is 0 Å². The SMILES string of the molecule is C=CC.C=CC.C=CC.C=CC.C=CC.C=CC.C=CC.C=CC.C=CC.C=CC.O=[P+]([O-])O[P+](=O)[O-]. The van der Waals surface area contributed by atoms with Gasteiger partial charge in [0.15, 0.2) is 0 Å². The minimum atomic E-state index is -3.24. The van der Waals surface area contributed by atoms with Crippen molar-refractivity contribution in [2.45, 2.75) is 69.2 Å². The number of allylic oxidation sites excluding steroid dienone is 10. The lowest BCUT2D eigenvalue weighted by Crippen LogP contribution is -1.90. The summed E-state index contributed by atoms with van der Waals surface area (Å²) < 4.78 is 21.6. The summed E-state index contributed by atoms with van der Waals surface area (Å²) in [5.74, 6) is 0. The Bertz CT molecular complexity index is 359. The standard InChI is InChI=1S/10C3H6.O5P2/c10*1-3-2;1-6(2)5-7(3)4/h10*3H,1H2,2H3;. The Balaban J connectivity index is -0.0000000228. The molecular formula is C30H60O5P2. The third-order valence-electron chi connectivity index (χ3n) is 0.133. The average molecular weight is 563 g/mol. The van der Waals surface area contributed by atoms with Crippen molar-refractivity contribution >= 4 is 16.5 Å². The van der Waals surface area contributed by atoms with Crippen LogP contribution in [-0.2, 0) is 13.4 Å². The Kier molecular flexibility index (Phi) is 319. The molecule has 0 saturated carbocycles. The Labute approximate surface area is 235 Å². The molecule has 0 rings (SSSR count). The molecule has 0 fully saturated rings. The van der Waals surface area contributed by atoms with Gasteiger partial charge in [-0.1, -0.05) is 60.8 Å². The van der Waals surface area contributed by atoms with Gasteiger partial charge < -0.3 is 9.79 Å². The number of rotatable bonds is 2. The van der Waals surface area contributed by atoms with E-state index >= 15 is 0 Å². The molecule has 37 heavy (non-hydrogen) atoms. The van der Waals surface area contributed by atoms with Gasteiger partial charge in [-0.15, -0.1) is 65.8 Å². The predicted molar refractivity (Wildman–Crippen MR) is 175 cm³/mol. The van der Waals surface area contributed by atoms with E-state index in [4.69, 9.17) is 0 Å². The molecule has 0 aliphatic rings. The fourth-order valence-corrected chi connectivity index (χ4v) is 0.490. The molecular weight excluding hydrogens is 502 g/mol. The van der Waals surface area contributed by atoms with Crippen LogP contribution < -0.4 is 9.79 Å². The van der Waals surface area contributed by atoms with Crippen LogP contribution in [0.4, 0.5) is 0 Å². The highest BCUT2D eigenvalue weighted by atomic mass is 31.2. The van der Waals surface area contributed by atoms with Gasteiger partial charge in [-0.25, -0.2) is 0 Å². The largest absolute Gasteiger partial charge is 0.563 e. The Morgan fingerprint density at radius 2 is 0.432 bits per heavy atom. The van der Waals surface area contributed by atoms with Gasteiger partial charge in [0.05, 0.1) is 0 Å². The van der Waals surface area contributed by atoms with Gasteiger partial charge in [0, 0.05) is 0 Å². The molecule has 0 amide bonds. The van der Waals surface area contributed by atoms with Gasteiger partial charge in [0.25, 0.3) is 0 Å². The van der Waals surface area contributed by atoms with E-state index in [9.17, 15) is 18.9 Å². The molecule has 0 aromatic heterocycles. The minimum Gasteiger partial charge on any atom is -0.563 e. The maximum Gasteiger partial charge on any atom is 0.543 e. The third-order valence-corrected chi connectivity index (χ3v) is 1.20. The number of hydrogen-bond acceptors (Lipinski definition) is 5. The summed E-state index contributed by atoms with van der Waals surface area (Å²) in [5, 5.41) is 0. The average Bonchev–Trinajstić information content (AvgIpc) is 2.73. The van der Waals surface area contributed by atoms with E-state index in [0.29, 0.717) is 0 Å². The molecule has 0 aliphatic carbocycles. The fraction of sp³-hybridized carbons (Fsp3) is 0.333. The Morgan fingerprint density at radius 3 is 0.432 bits per heavy atom. The molecule has 0 saturated heterocycles. The van der Waals surface area contributed by atoms with Crippen LogP contribution in [0.15, 0.2) is 127 Å². The van der Waals surface area contributed by atoms with Gasteiger partial charge in [0.2, 0.25) is 0 Å². The van der Waals surface area contributed by atoms with Crippen molar-refractivity contribution in [3.63, 3.8) is 0 Å². The van der Waals surface area contributed by atoms with Crippen molar-refractivity contribution in [3.8, 4) is 0 Å². The molecule has 2 atom stereocenters. The molecule has 0 bridgehead atoms. The molecule has 0 aromatic carbocycles. The van der Waals surface area contributed by atoms with Crippen LogP contribution in [0.2, 0.25) is 0 Å². The molecule has 0 aliphatic heterocycles. The normalized spacial score (nSPS) is 6.05. The van der Waals surface area contributed by atoms with Gasteiger partial charge in [-0.05, 0) is 78.4 Å². The molecule has 220 valence electrons. The highest BCUT2D eigenvalue weighted by Gasteiger charge is 2.13. The van der Waals surface area contributed by atoms with Gasteiger partial charge in [-0.2, -0.15) is 0 Å². The molecule has 2 unspecified atom stereocenters. The second kappa shape index (κ2) is 168.